The van der Waals surface area contributed by atoms with Crippen LogP contribution < -0.4 is 26.4 Å². The predicted octanol–water partition coefficient (Wildman–Crippen LogP) is 0.919. The highest BCUT2D eigenvalue weighted by atomic mass is 16.5. The molecule has 8 heteroatoms. The summed E-state index contributed by atoms with van der Waals surface area (Å²) in [4.78, 5) is 23.0. The molecule has 1 amide bonds. The second-order valence-electron chi connectivity index (χ2n) is 6.60. The van der Waals surface area contributed by atoms with Crippen LogP contribution in [0.4, 0.5) is 5.69 Å². The Morgan fingerprint density at radius 1 is 1.20 bits per heavy atom. The number of carbonyl (C=O) groups excluding carboxylic acids is 1. The number of nitrogens with two attached hydrogens (primary N) is 2. The molecule has 1 aliphatic carbocycles. The van der Waals surface area contributed by atoms with Crippen molar-refractivity contribution < 1.29 is 9.53 Å². The predicted molar refractivity (Wildman–Crippen MR) is 95.8 cm³/mol. The number of amides is 1. The second kappa shape index (κ2) is 5.94. The molecule has 1 aromatic carbocycles. The Kier molecular flexibility index (Phi) is 3.74. The van der Waals surface area contributed by atoms with Gasteiger partial charge in [0.15, 0.2) is 0 Å². The zero-order chi connectivity index (χ0) is 17.4. The van der Waals surface area contributed by atoms with Crippen molar-refractivity contribution in [3.8, 4) is 5.75 Å². The van der Waals surface area contributed by atoms with Gasteiger partial charge in [0.1, 0.15) is 18.0 Å². The van der Waals surface area contributed by atoms with Crippen molar-refractivity contribution in [2.24, 2.45) is 21.5 Å². The van der Waals surface area contributed by atoms with Crippen LogP contribution in [0.3, 0.4) is 0 Å². The van der Waals surface area contributed by atoms with Crippen LogP contribution >= 0.6 is 0 Å². The zero-order valence-corrected chi connectivity index (χ0v) is 14.0. The van der Waals surface area contributed by atoms with Crippen LogP contribution in [-0.2, 0) is 0 Å². The second-order valence-corrected chi connectivity index (χ2v) is 6.60. The summed E-state index contributed by atoms with van der Waals surface area (Å²) < 4.78 is 5.63. The number of nitrogens with zero attached hydrogens (tertiary/aromatic N) is 3. The Balaban J connectivity index is 1.79. The first kappa shape index (κ1) is 15.7. The van der Waals surface area contributed by atoms with Gasteiger partial charge in [-0.2, -0.15) is 4.99 Å². The van der Waals surface area contributed by atoms with Crippen LogP contribution in [0, 0.1) is 0 Å². The first-order valence-corrected chi connectivity index (χ1v) is 8.64. The lowest BCUT2D eigenvalue weighted by Crippen LogP contribution is -2.58. The van der Waals surface area contributed by atoms with Gasteiger partial charge in [-0.15, -0.1) is 0 Å². The Morgan fingerprint density at radius 2 is 2.00 bits per heavy atom. The number of guanidine groups is 2. The fourth-order valence-corrected chi connectivity index (χ4v) is 3.88. The highest BCUT2D eigenvalue weighted by molar-refractivity contribution is 6.06. The molecule has 0 radical (unpaired) electrons. The standard InChI is InChI=1S/C17H22N6O2/c18-15-21-16(19)23(17(22-15)6-2-1-3-7-17)11-4-5-13-12(10-11)14(24)20-8-9-25-13/h4-5,10H,1-3,6-9H2,(H,20,24)(H4,18,19,21,22). The van der Waals surface area contributed by atoms with Crippen LogP contribution in [0.15, 0.2) is 28.2 Å². The minimum Gasteiger partial charge on any atom is -0.491 e. The molecule has 1 fully saturated rings. The first-order valence-electron chi connectivity index (χ1n) is 8.64. The first-order chi connectivity index (χ1) is 12.1. The number of ether oxygens (including phenoxy) is 1. The molecule has 2 heterocycles. The summed E-state index contributed by atoms with van der Waals surface area (Å²) in [5, 5.41) is 2.83. The molecule has 0 unspecified atom stereocenters. The lowest BCUT2D eigenvalue weighted by Gasteiger charge is -2.45. The molecule has 1 saturated carbocycles. The molecule has 0 saturated heterocycles. The van der Waals surface area contributed by atoms with Crippen molar-refractivity contribution in [1.29, 1.82) is 0 Å². The molecule has 5 N–H and O–H groups in total. The number of hydrogen-bond acceptors (Lipinski definition) is 7. The Morgan fingerprint density at radius 3 is 2.80 bits per heavy atom. The highest BCUT2D eigenvalue weighted by Gasteiger charge is 2.42. The maximum Gasteiger partial charge on any atom is 0.255 e. The summed E-state index contributed by atoms with van der Waals surface area (Å²) in [7, 11) is 0. The van der Waals surface area contributed by atoms with Crippen LogP contribution in [-0.4, -0.2) is 36.6 Å². The van der Waals surface area contributed by atoms with Gasteiger partial charge in [0.2, 0.25) is 11.9 Å². The van der Waals surface area contributed by atoms with Gasteiger partial charge < -0.3 is 21.5 Å². The van der Waals surface area contributed by atoms with E-state index in [1.165, 1.54) is 6.42 Å². The summed E-state index contributed by atoms with van der Waals surface area (Å²) in [6.45, 7) is 0.942. The smallest absolute Gasteiger partial charge is 0.255 e. The molecule has 0 bridgehead atoms. The van der Waals surface area contributed by atoms with Crippen molar-refractivity contribution in [3.63, 3.8) is 0 Å². The number of nitrogens with one attached hydrogen (secondary N) is 1. The minimum atomic E-state index is -0.523. The molecule has 132 valence electrons. The molecule has 1 spiro atoms. The van der Waals surface area contributed by atoms with E-state index in [1.807, 2.05) is 11.0 Å². The largest absolute Gasteiger partial charge is 0.491 e. The topological polar surface area (TPSA) is 118 Å². The number of anilines is 1. The van der Waals surface area contributed by atoms with Gasteiger partial charge >= 0.3 is 0 Å². The average Bonchev–Trinajstić information content (AvgIpc) is 2.76. The number of hydrogen-bond donors (Lipinski definition) is 3. The maximum atomic E-state index is 12.3. The van der Waals surface area contributed by atoms with Gasteiger partial charge in [-0.1, -0.05) is 6.42 Å². The van der Waals surface area contributed by atoms with Gasteiger partial charge in [-0.3, -0.25) is 9.69 Å². The van der Waals surface area contributed by atoms with E-state index in [0.717, 1.165) is 31.4 Å². The summed E-state index contributed by atoms with van der Waals surface area (Å²) in [6, 6.07) is 5.50. The minimum absolute atomic E-state index is 0.150. The number of carbonyl (C=O) groups is 1. The number of fused-ring (bicyclic) bond motifs is 1. The summed E-state index contributed by atoms with van der Waals surface area (Å²) in [5.41, 5.74) is 12.9. The number of rotatable bonds is 1. The fourth-order valence-electron chi connectivity index (χ4n) is 3.88. The van der Waals surface area contributed by atoms with Gasteiger partial charge in [-0.25, -0.2) is 4.99 Å². The Labute approximate surface area is 145 Å². The molecular formula is C17H22N6O2. The third-order valence-corrected chi connectivity index (χ3v) is 4.96. The van der Waals surface area contributed by atoms with E-state index in [4.69, 9.17) is 16.2 Å². The SMILES string of the molecule is NC1=NC2(CCCCC2)N(c2ccc3c(c2)C(=O)NCCO3)C(N)=N1. The van der Waals surface area contributed by atoms with E-state index in [0.29, 0.717) is 30.4 Å². The molecular weight excluding hydrogens is 320 g/mol. The van der Waals surface area contributed by atoms with Crippen molar-refractivity contribution in [3.05, 3.63) is 23.8 Å². The normalized spacial score (nSPS) is 22.2. The fraction of sp³-hybridized carbons (Fsp3) is 0.471. The molecule has 3 aliphatic rings. The van der Waals surface area contributed by atoms with Crippen molar-refractivity contribution in [1.82, 2.24) is 5.32 Å². The molecule has 8 nitrogen and oxygen atoms in total. The van der Waals surface area contributed by atoms with Crippen molar-refractivity contribution in [2.45, 2.75) is 37.8 Å². The maximum absolute atomic E-state index is 12.3. The monoisotopic (exact) mass is 342 g/mol. The Hall–Kier alpha value is -2.77. The quantitative estimate of drug-likeness (QED) is 0.701. The van der Waals surface area contributed by atoms with Gasteiger partial charge in [0.25, 0.3) is 5.91 Å². The molecule has 2 aliphatic heterocycles. The van der Waals surface area contributed by atoms with Crippen LogP contribution in [0.2, 0.25) is 0 Å². The van der Waals surface area contributed by atoms with Crippen LogP contribution in [0.25, 0.3) is 0 Å². The summed E-state index contributed by atoms with van der Waals surface area (Å²) in [6.07, 6.45) is 4.97. The van der Waals surface area contributed by atoms with E-state index in [2.05, 4.69) is 15.3 Å². The van der Waals surface area contributed by atoms with Crippen LogP contribution in [0.1, 0.15) is 42.5 Å². The van der Waals surface area contributed by atoms with E-state index < -0.39 is 5.66 Å². The Bertz CT molecular complexity index is 766. The molecule has 0 atom stereocenters. The average molecular weight is 342 g/mol. The van der Waals surface area contributed by atoms with Gasteiger partial charge in [-0.05, 0) is 43.9 Å². The third-order valence-electron chi connectivity index (χ3n) is 4.96. The highest BCUT2D eigenvalue weighted by Crippen LogP contribution is 2.40. The van der Waals surface area contributed by atoms with E-state index >= 15 is 0 Å². The van der Waals surface area contributed by atoms with E-state index in [9.17, 15) is 4.79 Å². The molecule has 1 aromatic rings. The zero-order valence-electron chi connectivity index (χ0n) is 14.0. The van der Waals surface area contributed by atoms with Crippen molar-refractivity contribution in [2.75, 3.05) is 18.1 Å². The van der Waals surface area contributed by atoms with E-state index in [-0.39, 0.29) is 11.9 Å². The molecule has 25 heavy (non-hydrogen) atoms. The lowest BCUT2D eigenvalue weighted by molar-refractivity contribution is 0.0957. The van der Waals surface area contributed by atoms with Crippen LogP contribution in [0.5, 0.6) is 5.75 Å². The summed E-state index contributed by atoms with van der Waals surface area (Å²) >= 11 is 0. The number of benzene rings is 1. The van der Waals surface area contributed by atoms with Gasteiger partial charge in [0, 0.05) is 5.69 Å². The molecule has 4 rings (SSSR count). The summed E-state index contributed by atoms with van der Waals surface area (Å²) in [5.74, 6) is 0.949. The molecule has 0 aromatic heterocycles. The third kappa shape index (κ3) is 2.67. The number of aliphatic imine (C=N–C) groups is 2. The van der Waals surface area contributed by atoms with E-state index in [1.54, 1.807) is 12.1 Å². The van der Waals surface area contributed by atoms with Gasteiger partial charge in [0.05, 0.1) is 12.1 Å². The lowest BCUT2D eigenvalue weighted by atomic mass is 9.87. The van der Waals surface area contributed by atoms with Crippen molar-refractivity contribution >= 4 is 23.5 Å².